The highest BCUT2D eigenvalue weighted by atomic mass is 79.9. The van der Waals surface area contributed by atoms with Gasteiger partial charge in [0.25, 0.3) is 5.91 Å². The summed E-state index contributed by atoms with van der Waals surface area (Å²) in [6.07, 6.45) is 6.12. The first-order valence-corrected chi connectivity index (χ1v) is 18.5. The van der Waals surface area contributed by atoms with E-state index in [1.54, 1.807) is 26.9 Å². The molecule has 6 atom stereocenters. The predicted octanol–water partition coefficient (Wildman–Crippen LogP) is 6.28. The number of likely N-dealkylation sites (tertiary alicyclic amines) is 1. The smallest absolute Gasteiger partial charge is 0.253 e. The van der Waals surface area contributed by atoms with Crippen molar-refractivity contribution in [2.24, 2.45) is 11.8 Å². The van der Waals surface area contributed by atoms with Crippen molar-refractivity contribution >= 4 is 55.8 Å². The monoisotopic (exact) mass is 743 g/mol. The predicted molar refractivity (Wildman–Crippen MR) is 200 cm³/mol. The molecule has 0 aliphatic carbocycles. The van der Waals surface area contributed by atoms with E-state index < -0.39 is 29.6 Å². The molecule has 0 aromatic heterocycles. The van der Waals surface area contributed by atoms with Crippen molar-refractivity contribution in [3.8, 4) is 5.75 Å². The van der Waals surface area contributed by atoms with Gasteiger partial charge in [0.05, 0.1) is 24.5 Å². The van der Waals surface area contributed by atoms with Crippen LogP contribution in [0.5, 0.6) is 5.75 Å². The van der Waals surface area contributed by atoms with Gasteiger partial charge >= 0.3 is 0 Å². The van der Waals surface area contributed by atoms with Gasteiger partial charge in [-0.05, 0) is 73.4 Å². The molecule has 3 aliphatic heterocycles. The molecule has 3 saturated heterocycles. The molecule has 0 radical (unpaired) electrons. The molecule has 3 fully saturated rings. The largest absolute Gasteiger partial charge is 0.494 e. The molecule has 9 nitrogen and oxygen atoms in total. The molecule has 1 N–H and O–H groups in total. The molecule has 3 aliphatic rings. The van der Waals surface area contributed by atoms with Crippen LogP contribution in [0.15, 0.2) is 92.0 Å². The van der Waals surface area contributed by atoms with Crippen molar-refractivity contribution in [2.75, 3.05) is 42.6 Å². The lowest BCUT2D eigenvalue weighted by Gasteiger charge is -2.37. The Bertz CT molecular complexity index is 1730. The number of unbranched alkanes of at least 4 members (excludes halogenated alkanes) is 3. The third-order valence-electron chi connectivity index (χ3n) is 10.3. The van der Waals surface area contributed by atoms with E-state index in [0.29, 0.717) is 49.5 Å². The second-order valence-corrected chi connectivity index (χ2v) is 14.4. The van der Waals surface area contributed by atoms with E-state index >= 15 is 4.79 Å². The molecule has 1 spiro atoms. The lowest BCUT2D eigenvalue weighted by Crippen LogP contribution is -2.57. The Balaban J connectivity index is 1.38. The lowest BCUT2D eigenvalue weighted by molar-refractivity contribution is -0.140. The number of rotatable bonds is 16. The molecule has 3 amide bonds. The standard InChI is InChI=1S/C40H46BrN3O6/c1-4-21-42(29-17-19-31(20-18-29)49-6-3)37(46)33-34-38(47)44(23-11-7-8-12-24-45)36(40(34)26-32(41)35(33)50-40)39(48)43(22-5-2)30-16-15-27-13-9-10-14-28(27)25-30/h4-5,9-10,13-20,25,32-36,45H,1-2,6-8,11-12,21-24,26H2,3H3/t32?,33-,34-,35-,36?,40?/m0/s1. The van der Waals surface area contributed by atoms with E-state index in [1.807, 2.05) is 73.7 Å². The summed E-state index contributed by atoms with van der Waals surface area (Å²) in [5.74, 6) is -1.67. The van der Waals surface area contributed by atoms with E-state index in [0.717, 1.165) is 23.6 Å². The van der Waals surface area contributed by atoms with Gasteiger partial charge in [0, 0.05) is 42.4 Å². The summed E-state index contributed by atoms with van der Waals surface area (Å²) in [5.41, 5.74) is 0.161. The topological polar surface area (TPSA) is 99.6 Å². The molecule has 3 unspecified atom stereocenters. The summed E-state index contributed by atoms with van der Waals surface area (Å²) in [6, 6.07) is 20.2. The SMILES string of the molecule is C=CCN(C(=O)C1N(CCCCCCO)C(=O)[C@@H]2[C@H](C(=O)N(CC=C)c3ccc(OCC)cc3)[C@H]3OC12CC3Br)c1ccc2ccccc2c1. The van der Waals surface area contributed by atoms with E-state index in [4.69, 9.17) is 9.47 Å². The highest BCUT2D eigenvalue weighted by Crippen LogP contribution is 2.60. The fraction of sp³-hybridized carbons (Fsp3) is 0.425. The number of carbonyl (C=O) groups is 3. The summed E-state index contributed by atoms with van der Waals surface area (Å²) in [7, 11) is 0. The number of carbonyl (C=O) groups excluding carboxylic acids is 3. The Morgan fingerprint density at radius 2 is 1.62 bits per heavy atom. The number of benzene rings is 3. The van der Waals surface area contributed by atoms with Crippen LogP contribution < -0.4 is 14.5 Å². The second-order valence-electron chi connectivity index (χ2n) is 13.3. The molecular formula is C40H46BrN3O6. The van der Waals surface area contributed by atoms with E-state index in [9.17, 15) is 14.7 Å². The summed E-state index contributed by atoms with van der Waals surface area (Å²) < 4.78 is 12.5. The number of anilines is 2. The average Bonchev–Trinajstić information content (AvgIpc) is 3.72. The van der Waals surface area contributed by atoms with Crippen LogP contribution in [0, 0.1) is 11.8 Å². The van der Waals surface area contributed by atoms with Gasteiger partial charge in [0.1, 0.15) is 17.4 Å². The Kier molecular flexibility index (Phi) is 11.1. The number of hydrogen-bond acceptors (Lipinski definition) is 6. The van der Waals surface area contributed by atoms with Crippen LogP contribution in [0.2, 0.25) is 0 Å². The summed E-state index contributed by atoms with van der Waals surface area (Å²) in [4.78, 5) is 49.3. The van der Waals surface area contributed by atoms with Crippen LogP contribution in [0.4, 0.5) is 11.4 Å². The minimum Gasteiger partial charge on any atom is -0.494 e. The third-order valence-corrected chi connectivity index (χ3v) is 11.1. The van der Waals surface area contributed by atoms with Crippen molar-refractivity contribution in [2.45, 2.75) is 61.6 Å². The van der Waals surface area contributed by atoms with Crippen LogP contribution in [0.25, 0.3) is 10.8 Å². The van der Waals surface area contributed by atoms with Crippen LogP contribution >= 0.6 is 15.9 Å². The molecule has 0 saturated carbocycles. The molecule has 3 aromatic rings. The number of ether oxygens (including phenoxy) is 2. The van der Waals surface area contributed by atoms with Gasteiger partial charge < -0.3 is 29.3 Å². The van der Waals surface area contributed by atoms with Crippen molar-refractivity contribution in [3.05, 3.63) is 92.0 Å². The van der Waals surface area contributed by atoms with E-state index in [1.165, 1.54) is 0 Å². The molecule has 3 aromatic carbocycles. The minimum atomic E-state index is -1.20. The molecule has 50 heavy (non-hydrogen) atoms. The number of fused-ring (bicyclic) bond motifs is 2. The van der Waals surface area contributed by atoms with Gasteiger partial charge in [-0.3, -0.25) is 14.4 Å². The van der Waals surface area contributed by atoms with Crippen molar-refractivity contribution < 1.29 is 29.0 Å². The zero-order valence-corrected chi connectivity index (χ0v) is 30.2. The van der Waals surface area contributed by atoms with E-state index in [2.05, 4.69) is 29.1 Å². The van der Waals surface area contributed by atoms with Gasteiger partial charge in [-0.2, -0.15) is 0 Å². The third kappa shape index (κ3) is 6.49. The minimum absolute atomic E-state index is 0.110. The number of hydrogen-bond donors (Lipinski definition) is 1. The highest BCUT2D eigenvalue weighted by Gasteiger charge is 2.77. The fourth-order valence-corrected chi connectivity index (χ4v) is 9.09. The zero-order valence-electron chi connectivity index (χ0n) is 28.6. The first kappa shape index (κ1) is 35.8. The number of halogens is 1. The first-order chi connectivity index (χ1) is 24.3. The maximum Gasteiger partial charge on any atom is 0.253 e. The highest BCUT2D eigenvalue weighted by molar-refractivity contribution is 9.09. The number of nitrogens with zero attached hydrogens (tertiary/aromatic N) is 3. The quantitative estimate of drug-likeness (QED) is 0.105. The summed E-state index contributed by atoms with van der Waals surface area (Å²) >= 11 is 3.82. The summed E-state index contributed by atoms with van der Waals surface area (Å²) in [6.45, 7) is 11.2. The van der Waals surface area contributed by atoms with Crippen molar-refractivity contribution in [1.82, 2.24) is 4.90 Å². The van der Waals surface area contributed by atoms with E-state index in [-0.39, 0.29) is 42.2 Å². The van der Waals surface area contributed by atoms with Crippen LogP contribution in [-0.2, 0) is 19.1 Å². The van der Waals surface area contributed by atoms with Crippen LogP contribution in [0.3, 0.4) is 0 Å². The number of aliphatic hydroxyl groups excluding tert-OH is 1. The molecule has 2 bridgehead atoms. The normalized spacial score (nSPS) is 25.1. The number of amides is 3. The Hall–Kier alpha value is -3.99. The molecule has 264 valence electrons. The van der Waals surface area contributed by atoms with Crippen molar-refractivity contribution in [1.29, 1.82) is 0 Å². The van der Waals surface area contributed by atoms with Crippen LogP contribution in [-0.4, -0.2) is 83.2 Å². The van der Waals surface area contributed by atoms with Gasteiger partial charge in [-0.1, -0.05) is 71.3 Å². The molecule has 10 heteroatoms. The fourth-order valence-electron chi connectivity index (χ4n) is 8.14. The Labute approximate surface area is 302 Å². The summed E-state index contributed by atoms with van der Waals surface area (Å²) in [5, 5.41) is 11.4. The number of alkyl halides is 1. The lowest BCUT2D eigenvalue weighted by atomic mass is 9.70. The van der Waals surface area contributed by atoms with Gasteiger partial charge in [-0.15, -0.1) is 13.2 Å². The average molecular weight is 745 g/mol. The van der Waals surface area contributed by atoms with Crippen molar-refractivity contribution in [3.63, 3.8) is 0 Å². The van der Waals surface area contributed by atoms with Crippen LogP contribution in [0.1, 0.15) is 39.0 Å². The number of aliphatic hydroxyl groups is 1. The second kappa shape index (κ2) is 15.5. The van der Waals surface area contributed by atoms with Gasteiger partial charge in [0.2, 0.25) is 11.8 Å². The Morgan fingerprint density at radius 1 is 0.960 bits per heavy atom. The molecule has 6 rings (SSSR count). The first-order valence-electron chi connectivity index (χ1n) is 17.6. The Morgan fingerprint density at radius 3 is 2.30 bits per heavy atom. The molecular weight excluding hydrogens is 698 g/mol. The molecule has 3 heterocycles. The van der Waals surface area contributed by atoms with Gasteiger partial charge in [-0.25, -0.2) is 0 Å². The maximum absolute atomic E-state index is 15.1. The van der Waals surface area contributed by atoms with Gasteiger partial charge in [0.15, 0.2) is 0 Å². The zero-order chi connectivity index (χ0) is 35.4. The maximum atomic E-state index is 15.1.